The number of fused-ring (bicyclic) bond motifs is 3. The fourth-order valence-electron chi connectivity index (χ4n) is 6.84. The molecule has 0 aliphatic carbocycles. The Morgan fingerprint density at radius 1 is 0.732 bits per heavy atom. The van der Waals surface area contributed by atoms with Crippen LogP contribution in [-0.2, 0) is 0 Å². The van der Waals surface area contributed by atoms with Gasteiger partial charge in [-0.1, -0.05) is 31.2 Å². The summed E-state index contributed by atoms with van der Waals surface area (Å²) >= 11 is 0. The number of benzene rings is 4. The molecule has 0 bridgehead atoms. The third-order valence-corrected chi connectivity index (χ3v) is 9.91. The number of methoxy groups -OCH3 is 4. The first kappa shape index (κ1) is 37.7. The monoisotopic (exact) mass is 756 g/mol. The van der Waals surface area contributed by atoms with Crippen LogP contribution in [0.5, 0.6) is 34.5 Å². The van der Waals surface area contributed by atoms with E-state index in [9.17, 15) is 9.59 Å². The van der Waals surface area contributed by atoms with Crippen molar-refractivity contribution in [2.75, 3.05) is 48.2 Å². The lowest BCUT2D eigenvalue weighted by molar-refractivity contribution is 0.0815. The van der Waals surface area contributed by atoms with E-state index in [0.717, 1.165) is 40.2 Å². The summed E-state index contributed by atoms with van der Waals surface area (Å²) in [6.07, 6.45) is 9.21. The Morgan fingerprint density at radius 3 is 1.91 bits per heavy atom. The lowest BCUT2D eigenvalue weighted by Crippen LogP contribution is -2.32. The van der Waals surface area contributed by atoms with E-state index in [1.54, 1.807) is 61.6 Å². The summed E-state index contributed by atoms with van der Waals surface area (Å²) in [5.41, 5.74) is 5.96. The van der Waals surface area contributed by atoms with Gasteiger partial charge >= 0.3 is 0 Å². The molecule has 1 atom stereocenters. The van der Waals surface area contributed by atoms with Crippen molar-refractivity contribution in [2.45, 2.75) is 32.2 Å². The smallest absolute Gasteiger partial charge is 0.260 e. The minimum absolute atomic E-state index is 0.159. The quantitative estimate of drug-likeness (QED) is 0.118. The van der Waals surface area contributed by atoms with Crippen molar-refractivity contribution in [3.05, 3.63) is 107 Å². The minimum atomic E-state index is -0.205. The van der Waals surface area contributed by atoms with E-state index < -0.39 is 0 Å². The van der Waals surface area contributed by atoms with Crippen molar-refractivity contribution < 1.29 is 38.0 Å². The van der Waals surface area contributed by atoms with E-state index in [1.165, 1.54) is 7.11 Å². The van der Waals surface area contributed by atoms with E-state index >= 15 is 0 Å². The number of rotatable bonds is 14. The Morgan fingerprint density at radius 2 is 1.32 bits per heavy atom. The molecule has 12 nitrogen and oxygen atoms in total. The van der Waals surface area contributed by atoms with E-state index in [2.05, 4.69) is 11.9 Å². The van der Waals surface area contributed by atoms with Gasteiger partial charge < -0.3 is 38.2 Å². The maximum Gasteiger partial charge on any atom is 0.260 e. The average Bonchev–Trinajstić information content (AvgIpc) is 3.55. The van der Waals surface area contributed by atoms with Crippen LogP contribution in [-0.4, -0.2) is 88.3 Å². The van der Waals surface area contributed by atoms with Gasteiger partial charge in [0.05, 0.1) is 76.7 Å². The van der Waals surface area contributed by atoms with Crippen LogP contribution >= 0.6 is 0 Å². The number of carbonyl (C=O) groups excluding carboxylic acids is 2. The summed E-state index contributed by atoms with van der Waals surface area (Å²) in [5.74, 6) is 2.99. The number of amides is 2. The first-order valence-corrected chi connectivity index (χ1v) is 18.4. The highest BCUT2D eigenvalue weighted by Crippen LogP contribution is 2.41. The van der Waals surface area contributed by atoms with E-state index in [1.807, 2.05) is 67.1 Å². The van der Waals surface area contributed by atoms with Crippen molar-refractivity contribution >= 4 is 46.8 Å². The van der Waals surface area contributed by atoms with Gasteiger partial charge in [0.1, 0.15) is 11.5 Å². The number of allylic oxidation sites excluding steroid dienone is 1. The molecule has 2 amide bonds. The summed E-state index contributed by atoms with van der Waals surface area (Å²) < 4.78 is 34.1. The third-order valence-electron chi connectivity index (χ3n) is 9.91. The highest BCUT2D eigenvalue weighted by molar-refractivity contribution is 6.06. The van der Waals surface area contributed by atoms with Gasteiger partial charge in [0, 0.05) is 49.8 Å². The van der Waals surface area contributed by atoms with Gasteiger partial charge in [0.25, 0.3) is 11.8 Å². The number of hydrogen-bond acceptors (Lipinski definition) is 10. The molecule has 0 saturated carbocycles. The van der Waals surface area contributed by atoms with Crippen molar-refractivity contribution in [2.24, 2.45) is 9.98 Å². The van der Waals surface area contributed by atoms with Crippen LogP contribution in [0.1, 0.15) is 58.0 Å². The zero-order chi connectivity index (χ0) is 39.2. The molecule has 0 saturated heterocycles. The Labute approximate surface area is 326 Å². The van der Waals surface area contributed by atoms with Crippen LogP contribution in [0.2, 0.25) is 0 Å². The van der Waals surface area contributed by atoms with E-state index in [-0.39, 0.29) is 17.9 Å². The molecule has 0 fully saturated rings. The van der Waals surface area contributed by atoms with Gasteiger partial charge in [-0.25, -0.2) is 0 Å². The van der Waals surface area contributed by atoms with E-state index in [0.29, 0.717) is 78.1 Å². The molecule has 0 aromatic heterocycles. The predicted octanol–water partition coefficient (Wildman–Crippen LogP) is 8.15. The molecule has 0 spiro atoms. The molecule has 0 radical (unpaired) electrons. The van der Waals surface area contributed by atoms with Crippen molar-refractivity contribution in [1.29, 1.82) is 0 Å². The van der Waals surface area contributed by atoms with Crippen LogP contribution in [0.15, 0.2) is 95.2 Å². The summed E-state index contributed by atoms with van der Waals surface area (Å²) in [4.78, 5) is 40.2. The SMILES string of the molecule is CCC(=CN1CC=Nc2cc(OCCCOc3cc4c(cc3OC)C(=O)N3C=C(c5ccc(OC)cc5)CC3C=N4)c(OC)cc2C1=O)c1ccc(OC)cc1. The van der Waals surface area contributed by atoms with Crippen molar-refractivity contribution in [3.63, 3.8) is 0 Å². The molecule has 1 unspecified atom stereocenters. The van der Waals surface area contributed by atoms with E-state index in [4.69, 9.17) is 33.4 Å². The van der Waals surface area contributed by atoms with Crippen LogP contribution in [0, 0.1) is 0 Å². The molecule has 4 aromatic rings. The van der Waals surface area contributed by atoms with Gasteiger partial charge in [-0.15, -0.1) is 0 Å². The molecule has 12 heteroatoms. The molecule has 3 heterocycles. The third kappa shape index (κ3) is 7.81. The fraction of sp³-hybridized carbons (Fsp3) is 0.273. The summed E-state index contributed by atoms with van der Waals surface area (Å²) in [6, 6.07) is 22.2. The fourth-order valence-corrected chi connectivity index (χ4v) is 6.84. The summed E-state index contributed by atoms with van der Waals surface area (Å²) in [7, 11) is 6.35. The summed E-state index contributed by atoms with van der Waals surface area (Å²) in [6.45, 7) is 2.97. The Kier molecular flexibility index (Phi) is 11.4. The Balaban J connectivity index is 0.988. The Bertz CT molecular complexity index is 2230. The molecule has 3 aliphatic rings. The van der Waals surface area contributed by atoms with Crippen molar-refractivity contribution in [3.8, 4) is 34.5 Å². The normalized spacial score (nSPS) is 16.0. The van der Waals surface area contributed by atoms with Crippen LogP contribution in [0.3, 0.4) is 0 Å². The lowest BCUT2D eigenvalue weighted by Gasteiger charge is -2.19. The van der Waals surface area contributed by atoms with Crippen LogP contribution in [0.25, 0.3) is 11.1 Å². The first-order valence-electron chi connectivity index (χ1n) is 18.4. The molecule has 56 heavy (non-hydrogen) atoms. The largest absolute Gasteiger partial charge is 0.497 e. The maximum absolute atomic E-state index is 13.8. The minimum Gasteiger partial charge on any atom is -0.497 e. The highest BCUT2D eigenvalue weighted by Gasteiger charge is 2.33. The zero-order valence-electron chi connectivity index (χ0n) is 32.1. The van der Waals surface area contributed by atoms with Crippen molar-refractivity contribution in [1.82, 2.24) is 9.80 Å². The summed E-state index contributed by atoms with van der Waals surface area (Å²) in [5, 5.41) is 0. The number of ether oxygens (including phenoxy) is 6. The van der Waals surface area contributed by atoms with Gasteiger partial charge in [-0.2, -0.15) is 0 Å². The van der Waals surface area contributed by atoms with Crippen LogP contribution in [0.4, 0.5) is 11.4 Å². The number of nitrogens with zero attached hydrogens (tertiary/aromatic N) is 4. The topological polar surface area (TPSA) is 121 Å². The number of aliphatic imine (C=N–C) groups is 2. The van der Waals surface area contributed by atoms with Gasteiger partial charge in [0.15, 0.2) is 23.0 Å². The second kappa shape index (κ2) is 16.8. The number of hydrogen-bond donors (Lipinski definition) is 0. The maximum atomic E-state index is 13.8. The van der Waals surface area contributed by atoms with Gasteiger partial charge in [-0.3, -0.25) is 19.6 Å². The molecule has 4 aromatic carbocycles. The average molecular weight is 757 g/mol. The molecule has 3 aliphatic heterocycles. The molecule has 288 valence electrons. The molecule has 7 rings (SSSR count). The Hall–Kier alpha value is -6.56. The first-order chi connectivity index (χ1) is 27.3. The van der Waals surface area contributed by atoms with Crippen LogP contribution < -0.4 is 28.4 Å². The number of carbonyl (C=O) groups is 2. The van der Waals surface area contributed by atoms with Gasteiger partial charge in [0.2, 0.25) is 0 Å². The van der Waals surface area contributed by atoms with Gasteiger partial charge in [-0.05, 0) is 65.1 Å². The second-order valence-corrected chi connectivity index (χ2v) is 13.2. The second-order valence-electron chi connectivity index (χ2n) is 13.2. The standard InChI is InChI=1S/C44H44N4O8/c1-6-28(29-8-12-33(51-2)13-9-29)26-47-17-16-45-37-23-41(39(53-4)21-35(37)43(47)49)55-18-7-19-56-42-24-38-36(22-40(42)54-5)44(50)48-27-31(20-32(48)25-46-38)30-10-14-34(52-3)15-11-30/h8-16,21-27,32H,6-7,17-20H2,1-5H3. The molecular weight excluding hydrogens is 713 g/mol. The molecular formula is C44H44N4O8. The lowest BCUT2D eigenvalue weighted by atomic mass is 10.0. The molecule has 0 N–H and O–H groups in total. The highest BCUT2D eigenvalue weighted by atomic mass is 16.5. The predicted molar refractivity (Wildman–Crippen MR) is 216 cm³/mol. The zero-order valence-corrected chi connectivity index (χ0v) is 32.1.